The standard InChI is InChI=1S/C15H21F10NO4S2/c1-11(2,8-32(28,29)30)26-10(27)4-6-31-5-3-9(13(17,18)19)7-12(16,14(20,21)22)15(23,24)25/h9H,3-8H2,1-2H3,(H,26,27)(H,28,29,30). The predicted octanol–water partition coefficient (Wildman–Crippen LogP) is 4.68. The highest BCUT2D eigenvalue weighted by molar-refractivity contribution is 7.99. The third kappa shape index (κ3) is 10.3. The van der Waals surface area contributed by atoms with Gasteiger partial charge in [-0.15, -0.1) is 0 Å². The van der Waals surface area contributed by atoms with E-state index in [1.807, 2.05) is 0 Å². The molecule has 5 nitrogen and oxygen atoms in total. The fourth-order valence-electron chi connectivity index (χ4n) is 2.54. The van der Waals surface area contributed by atoms with Gasteiger partial charge in [0.1, 0.15) is 0 Å². The average molecular weight is 533 g/mol. The van der Waals surface area contributed by atoms with E-state index in [1.165, 1.54) is 13.8 Å². The van der Waals surface area contributed by atoms with Crippen LogP contribution < -0.4 is 5.32 Å². The van der Waals surface area contributed by atoms with Crippen LogP contribution in [0.25, 0.3) is 0 Å². The Morgan fingerprint density at radius 3 is 1.78 bits per heavy atom. The van der Waals surface area contributed by atoms with E-state index in [1.54, 1.807) is 0 Å². The molecule has 1 unspecified atom stereocenters. The second-order valence-electron chi connectivity index (χ2n) is 7.55. The van der Waals surface area contributed by atoms with Gasteiger partial charge in [0.2, 0.25) is 5.91 Å². The molecule has 0 saturated carbocycles. The third-order valence-corrected chi connectivity index (χ3v) is 6.10. The molecule has 0 radical (unpaired) electrons. The SMILES string of the molecule is CC(C)(CS(=O)(=O)O)NC(=O)CCSCCC(CC(F)(C(F)(F)F)C(F)(F)F)C(F)(F)F. The quantitative estimate of drug-likeness (QED) is 0.229. The molecule has 32 heavy (non-hydrogen) atoms. The molecule has 0 aliphatic rings. The van der Waals surface area contributed by atoms with Crippen molar-refractivity contribution < 1.29 is 61.7 Å². The van der Waals surface area contributed by atoms with E-state index in [-0.39, 0.29) is 12.2 Å². The van der Waals surface area contributed by atoms with Gasteiger partial charge in [0, 0.05) is 18.6 Å². The summed E-state index contributed by atoms with van der Waals surface area (Å²) < 4.78 is 158. The lowest BCUT2D eigenvalue weighted by atomic mass is 9.88. The number of halogens is 10. The Kier molecular flexibility index (Phi) is 10.2. The second kappa shape index (κ2) is 10.5. The molecule has 1 atom stereocenters. The highest BCUT2D eigenvalue weighted by Crippen LogP contribution is 2.52. The summed E-state index contributed by atoms with van der Waals surface area (Å²) in [4.78, 5) is 11.7. The normalized spacial score (nSPS) is 15.5. The first-order valence-electron chi connectivity index (χ1n) is 8.64. The van der Waals surface area contributed by atoms with Gasteiger partial charge in [-0.3, -0.25) is 9.35 Å². The summed E-state index contributed by atoms with van der Waals surface area (Å²) in [5.41, 5.74) is -7.43. The van der Waals surface area contributed by atoms with Gasteiger partial charge in [-0.05, 0) is 26.0 Å². The van der Waals surface area contributed by atoms with Crippen LogP contribution in [0.5, 0.6) is 0 Å². The Balaban J connectivity index is 4.89. The second-order valence-corrected chi connectivity index (χ2v) is 10.2. The highest BCUT2D eigenvalue weighted by Gasteiger charge is 2.73. The number of amides is 1. The number of hydrogen-bond donors (Lipinski definition) is 2. The van der Waals surface area contributed by atoms with E-state index < -0.39 is 76.0 Å². The van der Waals surface area contributed by atoms with Crippen molar-refractivity contribution in [1.82, 2.24) is 5.32 Å². The van der Waals surface area contributed by atoms with Crippen molar-refractivity contribution in [3.8, 4) is 0 Å². The van der Waals surface area contributed by atoms with E-state index in [0.717, 1.165) is 0 Å². The summed E-state index contributed by atoms with van der Waals surface area (Å²) in [5.74, 6) is -5.69. The maximum absolute atomic E-state index is 13.7. The largest absolute Gasteiger partial charge is 0.431 e. The zero-order chi connectivity index (χ0) is 25.8. The Hall–Kier alpha value is -0.970. The Labute approximate surface area is 181 Å². The first kappa shape index (κ1) is 31.0. The van der Waals surface area contributed by atoms with Gasteiger partial charge in [-0.25, -0.2) is 4.39 Å². The maximum Gasteiger partial charge on any atom is 0.431 e. The molecule has 0 aromatic carbocycles. The number of hydrogen-bond acceptors (Lipinski definition) is 4. The Morgan fingerprint density at radius 2 is 1.41 bits per heavy atom. The van der Waals surface area contributed by atoms with Gasteiger partial charge in [-0.2, -0.15) is 59.7 Å². The van der Waals surface area contributed by atoms with Crippen molar-refractivity contribution in [2.75, 3.05) is 17.3 Å². The molecule has 17 heteroatoms. The molecule has 0 heterocycles. The van der Waals surface area contributed by atoms with Crippen LogP contribution in [-0.2, 0) is 14.9 Å². The van der Waals surface area contributed by atoms with E-state index in [0.29, 0.717) is 11.8 Å². The van der Waals surface area contributed by atoms with Crippen molar-refractivity contribution in [1.29, 1.82) is 0 Å². The van der Waals surface area contributed by atoms with Crippen LogP contribution >= 0.6 is 11.8 Å². The van der Waals surface area contributed by atoms with Crippen molar-refractivity contribution in [3.63, 3.8) is 0 Å². The van der Waals surface area contributed by atoms with Gasteiger partial charge >= 0.3 is 18.5 Å². The van der Waals surface area contributed by atoms with Gasteiger partial charge in [-0.1, -0.05) is 0 Å². The van der Waals surface area contributed by atoms with Crippen molar-refractivity contribution >= 4 is 27.8 Å². The van der Waals surface area contributed by atoms with Crippen molar-refractivity contribution in [3.05, 3.63) is 0 Å². The molecule has 2 N–H and O–H groups in total. The monoisotopic (exact) mass is 533 g/mol. The molecule has 192 valence electrons. The summed E-state index contributed by atoms with van der Waals surface area (Å²) in [6.07, 6.45) is -23.3. The molecular formula is C15H21F10NO4S2. The van der Waals surface area contributed by atoms with Crippen LogP contribution in [0.15, 0.2) is 0 Å². The first-order valence-corrected chi connectivity index (χ1v) is 11.4. The fraction of sp³-hybridized carbons (Fsp3) is 0.933. The Morgan fingerprint density at radius 1 is 0.938 bits per heavy atom. The lowest BCUT2D eigenvalue weighted by Gasteiger charge is -2.33. The highest BCUT2D eigenvalue weighted by atomic mass is 32.2. The zero-order valence-electron chi connectivity index (χ0n) is 16.6. The predicted molar refractivity (Wildman–Crippen MR) is 95.3 cm³/mol. The summed E-state index contributed by atoms with van der Waals surface area (Å²) >= 11 is 0.593. The third-order valence-electron chi connectivity index (χ3n) is 3.99. The summed E-state index contributed by atoms with van der Waals surface area (Å²) in [6, 6.07) is 0. The minimum absolute atomic E-state index is 0.211. The van der Waals surface area contributed by atoms with Crippen molar-refractivity contribution in [2.24, 2.45) is 5.92 Å². The minimum Gasteiger partial charge on any atom is -0.350 e. The lowest BCUT2D eigenvalue weighted by molar-refractivity contribution is -0.352. The van der Waals surface area contributed by atoms with Crippen LogP contribution in [0.1, 0.15) is 33.1 Å². The van der Waals surface area contributed by atoms with E-state index in [2.05, 4.69) is 5.32 Å². The molecular weight excluding hydrogens is 512 g/mol. The number of carbonyl (C=O) groups is 1. The van der Waals surface area contributed by atoms with Gasteiger partial charge < -0.3 is 5.32 Å². The molecule has 0 aromatic heterocycles. The minimum atomic E-state index is -6.60. The van der Waals surface area contributed by atoms with E-state index >= 15 is 0 Å². The molecule has 0 saturated heterocycles. The fourth-order valence-corrected chi connectivity index (χ4v) is 4.51. The van der Waals surface area contributed by atoms with Crippen molar-refractivity contribution in [2.45, 2.75) is 62.8 Å². The molecule has 0 spiro atoms. The van der Waals surface area contributed by atoms with E-state index in [9.17, 15) is 57.1 Å². The number of nitrogens with one attached hydrogen (secondary N) is 1. The summed E-state index contributed by atoms with van der Waals surface area (Å²) in [5, 5.41) is 2.23. The van der Waals surface area contributed by atoms with Gasteiger partial charge in [0.05, 0.1) is 17.2 Å². The summed E-state index contributed by atoms with van der Waals surface area (Å²) in [7, 11) is -4.43. The summed E-state index contributed by atoms with van der Waals surface area (Å²) in [6.45, 7) is 2.51. The first-order chi connectivity index (χ1) is 13.9. The van der Waals surface area contributed by atoms with E-state index in [4.69, 9.17) is 4.55 Å². The van der Waals surface area contributed by atoms with Crippen LogP contribution in [0.2, 0.25) is 0 Å². The maximum atomic E-state index is 13.7. The van der Waals surface area contributed by atoms with Crippen LogP contribution in [-0.4, -0.2) is 65.9 Å². The number of carbonyl (C=O) groups excluding carboxylic acids is 1. The topological polar surface area (TPSA) is 83.5 Å². The molecule has 0 rings (SSSR count). The molecule has 0 fully saturated rings. The molecule has 1 amide bonds. The average Bonchev–Trinajstić information content (AvgIpc) is 2.46. The molecule has 0 aliphatic heterocycles. The molecule has 0 bridgehead atoms. The smallest absolute Gasteiger partial charge is 0.350 e. The molecule has 0 aromatic rings. The zero-order valence-corrected chi connectivity index (χ0v) is 18.2. The molecule has 0 aliphatic carbocycles. The van der Waals surface area contributed by atoms with Gasteiger partial charge in [0.15, 0.2) is 0 Å². The number of alkyl halides is 10. The number of rotatable bonds is 11. The van der Waals surface area contributed by atoms with Crippen LogP contribution in [0.3, 0.4) is 0 Å². The van der Waals surface area contributed by atoms with Gasteiger partial charge in [0.25, 0.3) is 15.8 Å². The van der Waals surface area contributed by atoms with Crippen LogP contribution in [0.4, 0.5) is 43.9 Å². The Bertz CT molecular complexity index is 718. The van der Waals surface area contributed by atoms with Crippen LogP contribution in [0, 0.1) is 5.92 Å². The number of thioether (sulfide) groups is 1. The lowest BCUT2D eigenvalue weighted by Crippen LogP contribution is -2.55.